The van der Waals surface area contributed by atoms with Gasteiger partial charge in [-0.2, -0.15) is 0 Å². The van der Waals surface area contributed by atoms with E-state index in [1.165, 1.54) is 19.3 Å². The van der Waals surface area contributed by atoms with Gasteiger partial charge in [0.25, 0.3) is 5.91 Å². The molecule has 1 unspecified atom stereocenters. The Morgan fingerprint density at radius 1 is 1.06 bits per heavy atom. The molecule has 0 bridgehead atoms. The number of rotatable bonds is 11. The molecule has 0 saturated carbocycles. The quantitative estimate of drug-likeness (QED) is 0.459. The van der Waals surface area contributed by atoms with Gasteiger partial charge in [-0.05, 0) is 50.4 Å². The number of methoxy groups -OCH3 is 3. The van der Waals surface area contributed by atoms with Crippen LogP contribution in [0.15, 0.2) is 48.5 Å². The molecule has 1 aliphatic rings. The molecule has 1 atom stereocenters. The maximum absolute atomic E-state index is 13.6. The molecule has 0 aromatic heterocycles. The molecule has 184 valence electrons. The van der Waals surface area contributed by atoms with Gasteiger partial charge in [0.1, 0.15) is 0 Å². The van der Waals surface area contributed by atoms with E-state index in [1.807, 2.05) is 23.1 Å². The van der Waals surface area contributed by atoms with Crippen LogP contribution in [-0.4, -0.2) is 69.3 Å². The van der Waals surface area contributed by atoms with E-state index in [9.17, 15) is 4.79 Å². The molecule has 1 amide bonds. The van der Waals surface area contributed by atoms with E-state index < -0.39 is 0 Å². The first kappa shape index (κ1) is 25.6. The molecule has 6 heteroatoms. The molecule has 0 spiro atoms. The van der Waals surface area contributed by atoms with Crippen LogP contribution >= 0.6 is 0 Å². The van der Waals surface area contributed by atoms with Gasteiger partial charge in [0.15, 0.2) is 11.5 Å². The van der Waals surface area contributed by atoms with Gasteiger partial charge in [-0.25, -0.2) is 0 Å². The summed E-state index contributed by atoms with van der Waals surface area (Å²) in [7, 11) is 4.68. The summed E-state index contributed by atoms with van der Waals surface area (Å²) in [5, 5.41) is 0. The first-order valence-corrected chi connectivity index (χ1v) is 12.1. The third-order valence-corrected chi connectivity index (χ3v) is 6.45. The Labute approximate surface area is 204 Å². The number of hydrogen-bond acceptors (Lipinski definition) is 5. The van der Waals surface area contributed by atoms with Crippen molar-refractivity contribution in [3.63, 3.8) is 0 Å². The lowest BCUT2D eigenvalue weighted by Gasteiger charge is -2.34. The van der Waals surface area contributed by atoms with Crippen LogP contribution in [0.2, 0.25) is 0 Å². The molecule has 3 rings (SSSR count). The van der Waals surface area contributed by atoms with E-state index in [0.29, 0.717) is 41.9 Å². The minimum Gasteiger partial charge on any atom is -0.493 e. The van der Waals surface area contributed by atoms with E-state index in [4.69, 9.17) is 14.2 Å². The third-order valence-electron chi connectivity index (χ3n) is 6.45. The number of carbonyl (C=O) groups is 1. The van der Waals surface area contributed by atoms with Gasteiger partial charge in [-0.15, -0.1) is 0 Å². The SMILES string of the molecule is COc1cc(C(=O)N(CC=Cc2ccccc2)CCCN2CCCCC2C)cc(OC)c1OC. The van der Waals surface area contributed by atoms with Crippen LogP contribution in [0, 0.1) is 0 Å². The van der Waals surface area contributed by atoms with Crippen molar-refractivity contribution in [2.45, 2.75) is 38.6 Å². The van der Waals surface area contributed by atoms with Crippen molar-refractivity contribution in [3.05, 3.63) is 59.7 Å². The van der Waals surface area contributed by atoms with Gasteiger partial charge in [-0.3, -0.25) is 4.79 Å². The fourth-order valence-electron chi connectivity index (χ4n) is 4.50. The highest BCUT2D eigenvalue weighted by molar-refractivity contribution is 5.95. The number of likely N-dealkylation sites (tertiary alicyclic amines) is 1. The average Bonchev–Trinajstić information content (AvgIpc) is 2.88. The van der Waals surface area contributed by atoms with Crippen molar-refractivity contribution in [3.8, 4) is 17.2 Å². The highest BCUT2D eigenvalue weighted by atomic mass is 16.5. The molecule has 1 aliphatic heterocycles. The second-order valence-corrected chi connectivity index (χ2v) is 8.71. The summed E-state index contributed by atoms with van der Waals surface area (Å²) in [5.74, 6) is 1.39. The molecule has 1 heterocycles. The minimum absolute atomic E-state index is 0.0522. The molecule has 1 fully saturated rings. The molecule has 6 nitrogen and oxygen atoms in total. The maximum atomic E-state index is 13.6. The Kier molecular flexibility index (Phi) is 9.83. The smallest absolute Gasteiger partial charge is 0.254 e. The molecule has 2 aromatic rings. The van der Waals surface area contributed by atoms with Crippen molar-refractivity contribution in [1.29, 1.82) is 0 Å². The van der Waals surface area contributed by atoms with Gasteiger partial charge in [0, 0.05) is 31.2 Å². The highest BCUT2D eigenvalue weighted by Gasteiger charge is 2.22. The van der Waals surface area contributed by atoms with E-state index in [2.05, 4.69) is 36.1 Å². The van der Waals surface area contributed by atoms with Gasteiger partial charge < -0.3 is 24.0 Å². The molecule has 2 aromatic carbocycles. The third kappa shape index (κ3) is 6.76. The Morgan fingerprint density at radius 2 is 1.76 bits per heavy atom. The summed E-state index contributed by atoms with van der Waals surface area (Å²) in [6.07, 6.45) is 8.87. The zero-order chi connectivity index (χ0) is 24.3. The van der Waals surface area contributed by atoms with E-state index in [1.54, 1.807) is 33.5 Å². The zero-order valence-corrected chi connectivity index (χ0v) is 21.0. The lowest BCUT2D eigenvalue weighted by Crippen LogP contribution is -2.40. The second-order valence-electron chi connectivity index (χ2n) is 8.71. The van der Waals surface area contributed by atoms with Crippen LogP contribution in [-0.2, 0) is 0 Å². The predicted molar refractivity (Wildman–Crippen MR) is 137 cm³/mol. The lowest BCUT2D eigenvalue weighted by molar-refractivity contribution is 0.0758. The fourth-order valence-corrected chi connectivity index (χ4v) is 4.50. The minimum atomic E-state index is -0.0522. The molecule has 0 radical (unpaired) electrons. The topological polar surface area (TPSA) is 51.2 Å². The zero-order valence-electron chi connectivity index (χ0n) is 21.0. The van der Waals surface area contributed by atoms with Crippen LogP contribution in [0.5, 0.6) is 17.2 Å². The number of nitrogens with zero attached hydrogens (tertiary/aromatic N) is 2. The van der Waals surface area contributed by atoms with Gasteiger partial charge in [0.2, 0.25) is 5.75 Å². The number of piperidine rings is 1. The molecule has 1 saturated heterocycles. The Hall–Kier alpha value is -2.99. The molecule has 0 N–H and O–H groups in total. The standard InChI is InChI=1S/C28H38N2O4/c1-22-12-8-9-16-29(22)18-11-19-30(17-10-15-23-13-6-5-7-14-23)28(31)24-20-25(32-2)27(34-4)26(21-24)33-3/h5-7,10,13-15,20-22H,8-9,11-12,16-19H2,1-4H3. The van der Waals surface area contributed by atoms with Gasteiger partial charge in [-0.1, -0.05) is 48.9 Å². The molecule has 34 heavy (non-hydrogen) atoms. The summed E-state index contributed by atoms with van der Waals surface area (Å²) < 4.78 is 16.3. The number of carbonyl (C=O) groups excluding carboxylic acids is 1. The summed E-state index contributed by atoms with van der Waals surface area (Å²) in [4.78, 5) is 18.0. The Bertz CT molecular complexity index is 920. The van der Waals surface area contributed by atoms with Crippen LogP contribution < -0.4 is 14.2 Å². The molecular weight excluding hydrogens is 428 g/mol. The van der Waals surface area contributed by atoms with E-state index in [0.717, 1.165) is 25.1 Å². The fraction of sp³-hybridized carbons (Fsp3) is 0.464. The Balaban J connectivity index is 1.77. The second kappa shape index (κ2) is 13.0. The van der Waals surface area contributed by atoms with Gasteiger partial charge >= 0.3 is 0 Å². The molecule has 0 aliphatic carbocycles. The van der Waals surface area contributed by atoms with Crippen LogP contribution in [0.4, 0.5) is 0 Å². The normalized spacial score (nSPS) is 16.4. The summed E-state index contributed by atoms with van der Waals surface area (Å²) in [6, 6.07) is 14.2. The van der Waals surface area contributed by atoms with Crippen LogP contribution in [0.1, 0.15) is 48.5 Å². The first-order valence-electron chi connectivity index (χ1n) is 12.1. The van der Waals surface area contributed by atoms with Crippen molar-refractivity contribution >= 4 is 12.0 Å². The maximum Gasteiger partial charge on any atom is 0.254 e. The largest absolute Gasteiger partial charge is 0.493 e. The van der Waals surface area contributed by atoms with Gasteiger partial charge in [0.05, 0.1) is 21.3 Å². The summed E-state index contributed by atoms with van der Waals surface area (Å²) in [5.41, 5.74) is 1.64. The number of amides is 1. The summed E-state index contributed by atoms with van der Waals surface area (Å²) in [6.45, 7) is 5.66. The van der Waals surface area contributed by atoms with Crippen molar-refractivity contribution in [2.75, 3.05) is 47.5 Å². The molecular formula is C28H38N2O4. The lowest BCUT2D eigenvalue weighted by atomic mass is 10.0. The van der Waals surface area contributed by atoms with Crippen molar-refractivity contribution in [2.24, 2.45) is 0 Å². The number of benzene rings is 2. The number of ether oxygens (including phenoxy) is 3. The first-order chi connectivity index (χ1) is 16.6. The summed E-state index contributed by atoms with van der Waals surface area (Å²) >= 11 is 0. The average molecular weight is 467 g/mol. The van der Waals surface area contributed by atoms with Crippen LogP contribution in [0.3, 0.4) is 0 Å². The van der Waals surface area contributed by atoms with Crippen LogP contribution in [0.25, 0.3) is 6.08 Å². The monoisotopic (exact) mass is 466 g/mol. The van der Waals surface area contributed by atoms with E-state index >= 15 is 0 Å². The van der Waals surface area contributed by atoms with E-state index in [-0.39, 0.29) is 5.91 Å². The number of hydrogen-bond donors (Lipinski definition) is 0. The highest BCUT2D eigenvalue weighted by Crippen LogP contribution is 2.38. The predicted octanol–water partition coefficient (Wildman–Crippen LogP) is 5.13. The van der Waals surface area contributed by atoms with Crippen molar-refractivity contribution in [1.82, 2.24) is 9.80 Å². The van der Waals surface area contributed by atoms with Crippen molar-refractivity contribution < 1.29 is 19.0 Å². The Morgan fingerprint density at radius 3 is 2.38 bits per heavy atom.